The number of carbonyl (C=O) groups is 1. The molecule has 0 bridgehead atoms. The van der Waals surface area contributed by atoms with Crippen molar-refractivity contribution in [3.8, 4) is 11.8 Å². The molecule has 0 unspecified atom stereocenters. The summed E-state index contributed by atoms with van der Waals surface area (Å²) in [6.45, 7) is 4.08. The van der Waals surface area contributed by atoms with E-state index in [2.05, 4.69) is 29.7 Å². The normalized spacial score (nSPS) is 35.5. The van der Waals surface area contributed by atoms with E-state index in [-0.39, 0.29) is 5.97 Å². The first-order valence-electron chi connectivity index (χ1n) is 8.08. The first kappa shape index (κ1) is 13.2. The highest BCUT2D eigenvalue weighted by molar-refractivity contribution is 5.89. The van der Waals surface area contributed by atoms with Crippen LogP contribution < -0.4 is 0 Å². The first-order valence-corrected chi connectivity index (χ1v) is 8.08. The van der Waals surface area contributed by atoms with Crippen molar-refractivity contribution in [3.05, 3.63) is 23.3 Å². The third kappa shape index (κ3) is 2.22. The highest BCUT2D eigenvalue weighted by atomic mass is 16.6. The lowest BCUT2D eigenvalue weighted by atomic mass is 9.81. The number of piperidine rings is 1. The quantitative estimate of drug-likeness (QED) is 0.505. The third-order valence-corrected chi connectivity index (χ3v) is 5.17. The van der Waals surface area contributed by atoms with E-state index in [9.17, 15) is 4.79 Å². The van der Waals surface area contributed by atoms with E-state index in [1.165, 1.54) is 25.7 Å². The van der Waals surface area contributed by atoms with Crippen LogP contribution in [-0.2, 0) is 9.53 Å². The molecule has 0 aromatic carbocycles. The molecule has 1 saturated heterocycles. The molecule has 3 heteroatoms. The maximum Gasteiger partial charge on any atom is 0.332 e. The Balaban J connectivity index is 1.75. The molecule has 3 nitrogen and oxygen atoms in total. The first-order chi connectivity index (χ1) is 10.2. The molecule has 0 aromatic rings. The van der Waals surface area contributed by atoms with Crippen LogP contribution in [0.5, 0.6) is 0 Å². The second-order valence-electron chi connectivity index (χ2n) is 6.75. The smallest absolute Gasteiger partial charge is 0.332 e. The number of esters is 1. The van der Waals surface area contributed by atoms with Gasteiger partial charge in [-0.05, 0) is 39.2 Å². The number of rotatable bonds is 0. The predicted molar refractivity (Wildman–Crippen MR) is 80.4 cm³/mol. The van der Waals surface area contributed by atoms with Gasteiger partial charge in [-0.25, -0.2) is 4.79 Å². The van der Waals surface area contributed by atoms with Crippen LogP contribution in [0, 0.1) is 17.8 Å². The maximum atomic E-state index is 11.9. The molecular formula is C18H21NO2. The number of hydrogen-bond acceptors (Lipinski definition) is 3. The summed E-state index contributed by atoms with van der Waals surface area (Å²) in [6.07, 6.45) is 9.86. The highest BCUT2D eigenvalue weighted by Crippen LogP contribution is 2.43. The zero-order valence-electron chi connectivity index (χ0n) is 12.5. The lowest BCUT2D eigenvalue weighted by molar-refractivity contribution is -0.150. The highest BCUT2D eigenvalue weighted by Gasteiger charge is 2.50. The SMILES string of the molecule is C[C@]12OC(=O)C=C1C(C#CC1CC1)=CCN1CCCC[C@@H]12. The summed E-state index contributed by atoms with van der Waals surface area (Å²) in [5.41, 5.74) is 1.51. The van der Waals surface area contributed by atoms with E-state index in [4.69, 9.17) is 4.74 Å². The van der Waals surface area contributed by atoms with Crippen LogP contribution in [0.25, 0.3) is 0 Å². The van der Waals surface area contributed by atoms with Gasteiger partial charge in [0.05, 0.1) is 6.04 Å². The lowest BCUT2D eigenvalue weighted by Gasteiger charge is -2.43. The molecule has 1 saturated carbocycles. The number of ether oxygens (including phenoxy) is 1. The Labute approximate surface area is 126 Å². The molecule has 1 aliphatic carbocycles. The molecule has 2 fully saturated rings. The van der Waals surface area contributed by atoms with Crippen LogP contribution in [0.2, 0.25) is 0 Å². The van der Waals surface area contributed by atoms with E-state index < -0.39 is 5.60 Å². The van der Waals surface area contributed by atoms with Crippen molar-refractivity contribution in [2.75, 3.05) is 13.1 Å². The molecule has 0 spiro atoms. The summed E-state index contributed by atoms with van der Waals surface area (Å²) in [5.74, 6) is 7.03. The lowest BCUT2D eigenvalue weighted by Crippen LogP contribution is -2.53. The topological polar surface area (TPSA) is 29.5 Å². The fourth-order valence-electron chi connectivity index (χ4n) is 3.82. The van der Waals surface area contributed by atoms with Crippen molar-refractivity contribution in [3.63, 3.8) is 0 Å². The van der Waals surface area contributed by atoms with Crippen LogP contribution in [0.15, 0.2) is 23.3 Å². The Morgan fingerprint density at radius 2 is 2.19 bits per heavy atom. The average molecular weight is 283 g/mol. The second-order valence-corrected chi connectivity index (χ2v) is 6.75. The fourth-order valence-corrected chi connectivity index (χ4v) is 3.82. The average Bonchev–Trinajstić information content (AvgIpc) is 3.25. The van der Waals surface area contributed by atoms with Gasteiger partial charge in [0.25, 0.3) is 0 Å². The monoisotopic (exact) mass is 283 g/mol. The summed E-state index contributed by atoms with van der Waals surface area (Å²) in [7, 11) is 0. The van der Waals surface area contributed by atoms with Gasteiger partial charge in [0.2, 0.25) is 0 Å². The minimum Gasteiger partial charge on any atom is -0.450 e. The Hall–Kier alpha value is -1.53. The van der Waals surface area contributed by atoms with Crippen LogP contribution in [0.4, 0.5) is 0 Å². The Morgan fingerprint density at radius 1 is 1.33 bits per heavy atom. The third-order valence-electron chi connectivity index (χ3n) is 5.17. The largest absolute Gasteiger partial charge is 0.450 e. The van der Waals surface area contributed by atoms with Crippen molar-refractivity contribution in [1.82, 2.24) is 4.90 Å². The van der Waals surface area contributed by atoms with Crippen LogP contribution in [0.3, 0.4) is 0 Å². The maximum absolute atomic E-state index is 11.9. The molecule has 0 aromatic heterocycles. The van der Waals surface area contributed by atoms with Gasteiger partial charge in [-0.2, -0.15) is 0 Å². The molecule has 21 heavy (non-hydrogen) atoms. The van der Waals surface area contributed by atoms with Gasteiger partial charge < -0.3 is 4.74 Å². The molecule has 3 heterocycles. The Bertz CT molecular complexity index is 602. The molecule has 0 radical (unpaired) electrons. The van der Waals surface area contributed by atoms with Crippen molar-refractivity contribution in [1.29, 1.82) is 0 Å². The van der Waals surface area contributed by atoms with Gasteiger partial charge in [-0.15, -0.1) is 0 Å². The number of nitrogens with zero attached hydrogens (tertiary/aromatic N) is 1. The van der Waals surface area contributed by atoms with Gasteiger partial charge in [0.1, 0.15) is 0 Å². The van der Waals surface area contributed by atoms with E-state index in [0.29, 0.717) is 12.0 Å². The number of hydrogen-bond donors (Lipinski definition) is 0. The van der Waals surface area contributed by atoms with Gasteiger partial charge in [0, 0.05) is 29.7 Å². The van der Waals surface area contributed by atoms with Crippen LogP contribution in [-0.4, -0.2) is 35.6 Å². The molecule has 3 aliphatic heterocycles. The van der Waals surface area contributed by atoms with Crippen molar-refractivity contribution < 1.29 is 9.53 Å². The second kappa shape index (κ2) is 4.74. The standard InChI is InChI=1S/C18H21NO2/c1-18-15(12-17(20)21-18)14(8-7-13-5-6-13)9-11-19-10-3-2-4-16(18)19/h9,12-13,16H,2-6,10-11H2,1H3/t16-,18+/m1/s1. The Morgan fingerprint density at radius 3 is 3.00 bits per heavy atom. The molecule has 110 valence electrons. The van der Waals surface area contributed by atoms with Gasteiger partial charge in [-0.3, -0.25) is 4.90 Å². The van der Waals surface area contributed by atoms with Crippen molar-refractivity contribution in [2.45, 2.75) is 50.7 Å². The van der Waals surface area contributed by atoms with E-state index in [1.807, 2.05) is 0 Å². The molecule has 4 aliphatic rings. The van der Waals surface area contributed by atoms with E-state index in [1.54, 1.807) is 6.08 Å². The van der Waals surface area contributed by atoms with Crippen LogP contribution in [0.1, 0.15) is 39.0 Å². The van der Waals surface area contributed by atoms with Gasteiger partial charge >= 0.3 is 5.97 Å². The predicted octanol–water partition coefficient (Wildman–Crippen LogP) is 2.44. The molecule has 0 N–H and O–H groups in total. The molecule has 2 atom stereocenters. The molecule has 0 amide bonds. The number of carbonyl (C=O) groups excluding carboxylic acids is 1. The summed E-state index contributed by atoms with van der Waals surface area (Å²) in [4.78, 5) is 14.4. The minimum absolute atomic E-state index is 0.209. The van der Waals surface area contributed by atoms with Crippen molar-refractivity contribution >= 4 is 5.97 Å². The molecule has 4 rings (SSSR count). The van der Waals surface area contributed by atoms with Crippen LogP contribution >= 0.6 is 0 Å². The number of fused-ring (bicyclic) bond motifs is 3. The summed E-state index contributed by atoms with van der Waals surface area (Å²) in [5, 5.41) is 0. The summed E-state index contributed by atoms with van der Waals surface area (Å²) < 4.78 is 5.77. The Kier molecular flexibility index (Phi) is 2.97. The fraction of sp³-hybridized carbons (Fsp3) is 0.611. The molecular weight excluding hydrogens is 262 g/mol. The summed E-state index contributed by atoms with van der Waals surface area (Å²) >= 11 is 0. The zero-order valence-corrected chi connectivity index (χ0v) is 12.5. The summed E-state index contributed by atoms with van der Waals surface area (Å²) in [6, 6.07) is 0.292. The minimum atomic E-state index is -0.516. The zero-order chi connectivity index (χ0) is 14.4. The van der Waals surface area contributed by atoms with E-state index >= 15 is 0 Å². The van der Waals surface area contributed by atoms with Crippen molar-refractivity contribution in [2.24, 2.45) is 5.92 Å². The van der Waals surface area contributed by atoms with E-state index in [0.717, 1.165) is 30.7 Å². The van der Waals surface area contributed by atoms with Gasteiger partial charge in [0.15, 0.2) is 5.60 Å². The van der Waals surface area contributed by atoms with Gasteiger partial charge in [-0.1, -0.05) is 24.3 Å².